The molecule has 0 fully saturated rings. The van der Waals surface area contributed by atoms with E-state index in [2.05, 4.69) is 127 Å². The number of rotatable bonds is 5. The zero-order chi connectivity index (χ0) is 25.2. The van der Waals surface area contributed by atoms with Crippen molar-refractivity contribution in [2.45, 2.75) is 6.92 Å². The lowest BCUT2D eigenvalue weighted by molar-refractivity contribution is 0.476. The van der Waals surface area contributed by atoms with E-state index in [0.29, 0.717) is 5.75 Å². The smallest absolute Gasteiger partial charge is 0.116 e. The summed E-state index contributed by atoms with van der Waals surface area (Å²) in [6.07, 6.45) is 4.31. The Kier molecular flexibility index (Phi) is 5.92. The van der Waals surface area contributed by atoms with E-state index in [1.807, 2.05) is 18.2 Å². The molecule has 6 rings (SSSR count). The van der Waals surface area contributed by atoms with E-state index in [9.17, 15) is 5.11 Å². The highest BCUT2D eigenvalue weighted by Crippen LogP contribution is 2.34. The van der Waals surface area contributed by atoms with Crippen LogP contribution in [0.15, 0.2) is 127 Å². The second-order valence-electron chi connectivity index (χ2n) is 9.42. The van der Waals surface area contributed by atoms with Crippen molar-refractivity contribution in [3.8, 4) is 5.75 Å². The number of aryl methyl sites for hydroxylation is 1. The zero-order valence-electron chi connectivity index (χ0n) is 20.7. The Morgan fingerprint density at radius 2 is 1.03 bits per heavy atom. The number of nitrogens with zero attached hydrogens (tertiary/aromatic N) is 1. The highest BCUT2D eigenvalue weighted by atomic mass is 16.3. The Morgan fingerprint density at radius 3 is 1.73 bits per heavy atom. The predicted octanol–water partition coefficient (Wildman–Crippen LogP) is 9.65. The molecule has 0 amide bonds. The molecule has 0 atom stereocenters. The highest BCUT2D eigenvalue weighted by molar-refractivity contribution is 5.99. The van der Waals surface area contributed by atoms with Crippen LogP contribution in [-0.4, -0.2) is 5.11 Å². The summed E-state index contributed by atoms with van der Waals surface area (Å²) in [6, 6.07) is 44.1. The number of phenols is 1. The van der Waals surface area contributed by atoms with Gasteiger partial charge in [-0.15, -0.1) is 0 Å². The van der Waals surface area contributed by atoms with E-state index in [1.165, 1.54) is 10.9 Å². The van der Waals surface area contributed by atoms with Crippen molar-refractivity contribution in [3.63, 3.8) is 0 Å². The first-order valence-corrected chi connectivity index (χ1v) is 12.5. The number of hydrogen-bond donors (Lipinski definition) is 1. The van der Waals surface area contributed by atoms with Crippen LogP contribution in [0.5, 0.6) is 5.75 Å². The number of aromatic hydroxyl groups is 1. The lowest BCUT2D eigenvalue weighted by Gasteiger charge is -2.25. The van der Waals surface area contributed by atoms with Gasteiger partial charge in [-0.1, -0.05) is 78.4 Å². The summed E-state index contributed by atoms with van der Waals surface area (Å²) in [5, 5.41) is 14.3. The standard InChI is InChI=1S/C35H27NO/c1-25-7-16-33(17-8-25)36(32-5-3-2-4-6-32)34-18-12-26(13-19-34)9-10-27-11-14-28-23-31-24-35(37)20-15-29(31)22-30(28)21-27/h2-24,37H,1H3. The van der Waals surface area contributed by atoms with Crippen LogP contribution in [0, 0.1) is 6.92 Å². The summed E-state index contributed by atoms with van der Waals surface area (Å²) >= 11 is 0. The highest BCUT2D eigenvalue weighted by Gasteiger charge is 2.11. The van der Waals surface area contributed by atoms with Gasteiger partial charge in [0.2, 0.25) is 0 Å². The van der Waals surface area contributed by atoms with Crippen molar-refractivity contribution in [3.05, 3.63) is 144 Å². The average molecular weight is 478 g/mol. The van der Waals surface area contributed by atoms with Crippen LogP contribution in [-0.2, 0) is 0 Å². The summed E-state index contributed by atoms with van der Waals surface area (Å²) in [5.74, 6) is 0.295. The van der Waals surface area contributed by atoms with E-state index < -0.39 is 0 Å². The SMILES string of the molecule is Cc1ccc(N(c2ccccc2)c2ccc(C=Cc3ccc4cc5cc(O)ccc5cc4c3)cc2)cc1. The Morgan fingerprint density at radius 1 is 0.486 bits per heavy atom. The molecule has 0 radical (unpaired) electrons. The molecule has 2 nitrogen and oxygen atoms in total. The normalized spacial score (nSPS) is 11.4. The van der Waals surface area contributed by atoms with Crippen molar-refractivity contribution in [1.29, 1.82) is 0 Å². The molecule has 0 bridgehead atoms. The molecule has 6 aromatic rings. The number of anilines is 3. The number of phenolic OH excluding ortho intramolecular Hbond substituents is 1. The summed E-state index contributed by atoms with van der Waals surface area (Å²) in [7, 11) is 0. The molecule has 0 aromatic heterocycles. The molecular weight excluding hydrogens is 450 g/mol. The minimum atomic E-state index is 0.295. The molecule has 0 saturated carbocycles. The average Bonchev–Trinajstić information content (AvgIpc) is 2.93. The minimum Gasteiger partial charge on any atom is -0.508 e. The van der Waals surface area contributed by atoms with Gasteiger partial charge in [-0.3, -0.25) is 0 Å². The Bertz CT molecular complexity index is 1720. The molecule has 0 unspecified atom stereocenters. The van der Waals surface area contributed by atoms with Crippen LogP contribution in [0.2, 0.25) is 0 Å². The first-order valence-electron chi connectivity index (χ1n) is 12.5. The maximum atomic E-state index is 9.79. The maximum Gasteiger partial charge on any atom is 0.116 e. The third-order valence-corrected chi connectivity index (χ3v) is 6.73. The molecule has 0 aliphatic rings. The molecule has 0 spiro atoms. The quantitative estimate of drug-likeness (QED) is 0.197. The molecule has 0 aliphatic heterocycles. The van der Waals surface area contributed by atoms with Gasteiger partial charge in [-0.25, -0.2) is 0 Å². The van der Waals surface area contributed by atoms with Crippen molar-refractivity contribution >= 4 is 50.8 Å². The van der Waals surface area contributed by atoms with Crippen LogP contribution in [0.25, 0.3) is 33.7 Å². The number of hydrogen-bond acceptors (Lipinski definition) is 2. The van der Waals surface area contributed by atoms with Gasteiger partial charge in [0.05, 0.1) is 0 Å². The van der Waals surface area contributed by atoms with Crippen LogP contribution >= 0.6 is 0 Å². The first kappa shape index (κ1) is 22.6. The van der Waals surface area contributed by atoms with E-state index >= 15 is 0 Å². The van der Waals surface area contributed by atoms with Gasteiger partial charge in [0.25, 0.3) is 0 Å². The fourth-order valence-electron chi connectivity index (χ4n) is 4.75. The summed E-state index contributed by atoms with van der Waals surface area (Å²) in [4.78, 5) is 2.28. The number of para-hydroxylation sites is 1. The molecule has 6 aromatic carbocycles. The van der Waals surface area contributed by atoms with Gasteiger partial charge in [0.1, 0.15) is 5.75 Å². The Hall–Kier alpha value is -4.82. The van der Waals surface area contributed by atoms with Crippen LogP contribution in [0.3, 0.4) is 0 Å². The van der Waals surface area contributed by atoms with E-state index in [4.69, 9.17) is 0 Å². The summed E-state index contributed by atoms with van der Waals surface area (Å²) in [5.41, 5.74) is 6.94. The van der Waals surface area contributed by atoms with Gasteiger partial charge < -0.3 is 10.0 Å². The van der Waals surface area contributed by atoms with Crippen LogP contribution in [0.4, 0.5) is 17.1 Å². The molecule has 37 heavy (non-hydrogen) atoms. The third-order valence-electron chi connectivity index (χ3n) is 6.73. The van der Waals surface area contributed by atoms with Gasteiger partial charge in [0.15, 0.2) is 0 Å². The van der Waals surface area contributed by atoms with Gasteiger partial charge >= 0.3 is 0 Å². The molecule has 1 N–H and O–H groups in total. The summed E-state index contributed by atoms with van der Waals surface area (Å²) < 4.78 is 0. The van der Waals surface area contributed by atoms with E-state index in [1.54, 1.807) is 6.07 Å². The fourth-order valence-corrected chi connectivity index (χ4v) is 4.75. The Labute approximate surface area is 217 Å². The van der Waals surface area contributed by atoms with Crippen LogP contribution in [0.1, 0.15) is 16.7 Å². The minimum absolute atomic E-state index is 0.295. The van der Waals surface area contributed by atoms with Crippen molar-refractivity contribution in [2.75, 3.05) is 4.90 Å². The first-order chi connectivity index (χ1) is 18.1. The predicted molar refractivity (Wildman–Crippen MR) is 158 cm³/mol. The fraction of sp³-hybridized carbons (Fsp3) is 0.0286. The monoisotopic (exact) mass is 477 g/mol. The van der Waals surface area contributed by atoms with Gasteiger partial charge in [-0.05, 0) is 106 Å². The van der Waals surface area contributed by atoms with E-state index in [0.717, 1.165) is 44.3 Å². The summed E-state index contributed by atoms with van der Waals surface area (Å²) in [6.45, 7) is 2.11. The maximum absolute atomic E-state index is 9.79. The van der Waals surface area contributed by atoms with Crippen LogP contribution < -0.4 is 4.90 Å². The number of benzene rings is 6. The molecule has 0 heterocycles. The lowest BCUT2D eigenvalue weighted by atomic mass is 10.0. The Balaban J connectivity index is 1.28. The zero-order valence-corrected chi connectivity index (χ0v) is 20.7. The lowest BCUT2D eigenvalue weighted by Crippen LogP contribution is -2.09. The van der Waals surface area contributed by atoms with Gasteiger partial charge in [0, 0.05) is 17.1 Å². The molecular formula is C35H27NO. The number of fused-ring (bicyclic) bond motifs is 2. The molecule has 0 saturated heterocycles. The third kappa shape index (κ3) is 4.82. The van der Waals surface area contributed by atoms with E-state index in [-0.39, 0.29) is 0 Å². The second-order valence-corrected chi connectivity index (χ2v) is 9.42. The molecule has 2 heteroatoms. The van der Waals surface area contributed by atoms with Crippen molar-refractivity contribution < 1.29 is 5.11 Å². The largest absolute Gasteiger partial charge is 0.508 e. The van der Waals surface area contributed by atoms with Crippen molar-refractivity contribution in [1.82, 2.24) is 0 Å². The van der Waals surface area contributed by atoms with Crippen molar-refractivity contribution in [2.24, 2.45) is 0 Å². The van der Waals surface area contributed by atoms with Gasteiger partial charge in [-0.2, -0.15) is 0 Å². The topological polar surface area (TPSA) is 23.5 Å². The molecule has 0 aliphatic carbocycles. The second kappa shape index (κ2) is 9.67. The molecule has 178 valence electrons.